The van der Waals surface area contributed by atoms with Gasteiger partial charge < -0.3 is 14.2 Å². The molecular weight excluding hydrogens is 745 g/mol. The zero-order chi connectivity index (χ0) is 46.8. The summed E-state index contributed by atoms with van der Waals surface area (Å²) in [6.07, 6.45) is -0.151. The number of nitrogens with zero attached hydrogens (tertiary/aromatic N) is 4. The molecule has 298 valence electrons. The summed E-state index contributed by atoms with van der Waals surface area (Å²) >= 11 is 0. The Balaban J connectivity index is 1.13. The molecule has 1 aliphatic heterocycles. The van der Waals surface area contributed by atoms with Gasteiger partial charge in [-0.05, 0) is 112 Å². The maximum atomic E-state index is 9.05. The number of benzene rings is 7. The first-order valence-corrected chi connectivity index (χ1v) is 20.8. The van der Waals surface area contributed by atoms with E-state index >= 15 is 0 Å². The van der Waals surface area contributed by atoms with Gasteiger partial charge in [0.15, 0.2) is 0 Å². The van der Waals surface area contributed by atoms with Crippen LogP contribution < -0.4 is 9.64 Å². The van der Waals surface area contributed by atoms with Crippen LogP contribution >= 0.6 is 0 Å². The summed E-state index contributed by atoms with van der Waals surface area (Å²) in [6.45, 7) is 13.0. The molecule has 1 aliphatic rings. The maximum absolute atomic E-state index is 9.05. The third kappa shape index (κ3) is 6.02. The summed E-state index contributed by atoms with van der Waals surface area (Å²) in [5.41, 5.74) is 8.77. The number of para-hydroxylation sites is 3. The van der Waals surface area contributed by atoms with Crippen LogP contribution in [0.25, 0.3) is 71.0 Å². The number of anilines is 2. The van der Waals surface area contributed by atoms with E-state index in [1.165, 1.54) is 56.7 Å². The zero-order valence-electron chi connectivity index (χ0n) is 41.1. The number of ether oxygens (including phenoxy) is 1. The highest BCUT2D eigenvalue weighted by Gasteiger charge is 2.27. The lowest BCUT2D eigenvalue weighted by Crippen LogP contribution is -2.17. The molecule has 0 bridgehead atoms. The molecule has 0 atom stereocenters. The summed E-state index contributed by atoms with van der Waals surface area (Å²) in [5.74, 6) is 1.45. The first-order chi connectivity index (χ1) is 32.0. The van der Waals surface area contributed by atoms with Gasteiger partial charge in [-0.25, -0.2) is 4.98 Å². The average molecular weight is 799 g/mol. The van der Waals surface area contributed by atoms with Crippen molar-refractivity contribution in [1.29, 1.82) is 0 Å². The Morgan fingerprint density at radius 3 is 2.21 bits per heavy atom. The molecule has 0 saturated carbocycles. The first kappa shape index (κ1) is 30.9. The average Bonchev–Trinajstić information content (AvgIpc) is 3.87. The number of aromatic nitrogens is 3. The van der Waals surface area contributed by atoms with E-state index in [-0.39, 0.29) is 35.1 Å². The lowest BCUT2D eigenvalue weighted by atomic mass is 9.86. The largest absolute Gasteiger partial charge is 0.457 e. The molecular formula is C56H48N4O. The fourth-order valence-corrected chi connectivity index (χ4v) is 9.31. The van der Waals surface area contributed by atoms with Gasteiger partial charge in [0, 0.05) is 48.3 Å². The van der Waals surface area contributed by atoms with Crippen LogP contribution in [0, 0.1) is 13.8 Å². The highest BCUT2D eigenvalue weighted by molar-refractivity contribution is 6.21. The second kappa shape index (κ2) is 14.0. The Hall–Kier alpha value is -7.11. The minimum absolute atomic E-state index is 0.160. The van der Waals surface area contributed by atoms with E-state index < -0.39 is 6.37 Å². The van der Waals surface area contributed by atoms with Gasteiger partial charge in [0.2, 0.25) is 0 Å². The first-order valence-electron chi connectivity index (χ1n) is 23.8. The third-order valence-corrected chi connectivity index (χ3v) is 12.3. The summed E-state index contributed by atoms with van der Waals surface area (Å²) in [5, 5.41) is 8.05. The molecule has 0 fully saturated rings. The molecule has 5 nitrogen and oxygen atoms in total. The molecule has 0 amide bonds. The Bertz CT molecular complexity index is 3820. The lowest BCUT2D eigenvalue weighted by molar-refractivity contribution is 0.479. The van der Waals surface area contributed by atoms with Gasteiger partial charge in [-0.2, -0.15) is 0 Å². The van der Waals surface area contributed by atoms with Crippen molar-refractivity contribution in [1.82, 2.24) is 14.1 Å². The monoisotopic (exact) mass is 798 g/mol. The molecule has 0 aliphatic carbocycles. The van der Waals surface area contributed by atoms with E-state index in [9.17, 15) is 0 Å². The standard InChI is InChI=1S/C56H48N4O/c1-7-37-26-27-57-53(29-37)60-50-20-11-10-17-45(50)46-25-23-40(33-52(46)60)61-41-31-38(56(4,5)6)30-39(32-41)58-34-59-54-36(3)14-12-18-48(54)49-28-35(2)22-24-44(49)42-15-8-9-16-43(42)47-19-13-21-51(58)55(47)59/h8-33H,7,34H2,1-6H3/i7D2,10D,11D,17D,20D. The lowest BCUT2D eigenvalue weighted by Gasteiger charge is -2.26. The van der Waals surface area contributed by atoms with Crippen molar-refractivity contribution in [2.45, 2.75) is 60.0 Å². The molecule has 0 unspecified atom stereocenters. The van der Waals surface area contributed by atoms with E-state index in [0.29, 0.717) is 45.8 Å². The molecule has 0 radical (unpaired) electrons. The Morgan fingerprint density at radius 1 is 0.656 bits per heavy atom. The minimum Gasteiger partial charge on any atom is -0.457 e. The molecule has 0 N–H and O–H groups in total. The van der Waals surface area contributed by atoms with Crippen molar-refractivity contribution in [3.8, 4) is 17.3 Å². The Morgan fingerprint density at radius 2 is 1.39 bits per heavy atom. The van der Waals surface area contributed by atoms with Crippen molar-refractivity contribution in [2.24, 2.45) is 0 Å². The smallest absolute Gasteiger partial charge is 0.137 e. The predicted octanol–water partition coefficient (Wildman–Crippen LogP) is 15.1. The van der Waals surface area contributed by atoms with Crippen molar-refractivity contribution in [3.63, 3.8) is 0 Å². The van der Waals surface area contributed by atoms with Crippen LogP contribution in [0.4, 0.5) is 11.4 Å². The van der Waals surface area contributed by atoms with Crippen molar-refractivity contribution < 1.29 is 13.0 Å². The topological polar surface area (TPSA) is 35.2 Å². The van der Waals surface area contributed by atoms with Gasteiger partial charge in [-0.3, -0.25) is 4.57 Å². The summed E-state index contributed by atoms with van der Waals surface area (Å²) in [7, 11) is 0. The SMILES string of the molecule is [2H]c1c([2H])c([2H])c2c(c1[2H])c1ccc(Oc3cc(N4Cn5c6c(C)cccc6c6cc(C)ccc6c6ccccc6c6cccc4c65)cc(C(C)(C)C)c3)cc1n2-c1cc(C([2H])([2H])C)ccn1. The second-order valence-corrected chi connectivity index (χ2v) is 17.2. The number of pyridine rings is 1. The maximum Gasteiger partial charge on any atom is 0.137 e. The quantitative estimate of drug-likeness (QED) is 0.174. The van der Waals surface area contributed by atoms with Crippen molar-refractivity contribution in [2.75, 3.05) is 4.90 Å². The fraction of sp³-hybridized carbons (Fsp3) is 0.161. The summed E-state index contributed by atoms with van der Waals surface area (Å²) in [4.78, 5) is 7.01. The normalized spacial score (nSPS) is 14.4. The highest BCUT2D eigenvalue weighted by Crippen LogP contribution is 2.45. The van der Waals surface area contributed by atoms with Crippen LogP contribution in [0.2, 0.25) is 0 Å². The van der Waals surface area contributed by atoms with Gasteiger partial charge >= 0.3 is 0 Å². The number of hydrogen-bond acceptors (Lipinski definition) is 3. The van der Waals surface area contributed by atoms with E-state index in [1.807, 2.05) is 18.2 Å². The fourth-order valence-electron chi connectivity index (χ4n) is 9.31. The Labute approximate surface area is 364 Å². The minimum atomic E-state index is -1.68. The summed E-state index contributed by atoms with van der Waals surface area (Å²) in [6, 6.07) is 42.9. The van der Waals surface area contributed by atoms with Gasteiger partial charge in [0.05, 0.1) is 33.2 Å². The van der Waals surface area contributed by atoms with Crippen LogP contribution in [0.1, 0.15) is 58.2 Å². The van der Waals surface area contributed by atoms with Crippen LogP contribution in [0.15, 0.2) is 158 Å². The summed E-state index contributed by atoms with van der Waals surface area (Å²) < 4.78 is 63.2. The molecule has 10 aromatic rings. The second-order valence-electron chi connectivity index (χ2n) is 17.2. The van der Waals surface area contributed by atoms with Crippen molar-refractivity contribution >= 4 is 76.5 Å². The number of fused-ring (bicyclic) bond motifs is 10. The van der Waals surface area contributed by atoms with Crippen LogP contribution in [0.3, 0.4) is 0 Å². The van der Waals surface area contributed by atoms with Gasteiger partial charge in [-0.15, -0.1) is 0 Å². The highest BCUT2D eigenvalue weighted by atomic mass is 16.5. The van der Waals surface area contributed by atoms with E-state index in [4.69, 9.17) is 13.0 Å². The van der Waals surface area contributed by atoms with Crippen LogP contribution in [-0.2, 0) is 18.5 Å². The van der Waals surface area contributed by atoms with Gasteiger partial charge in [-0.1, -0.05) is 124 Å². The molecule has 7 aromatic carbocycles. The number of rotatable bonds is 5. The van der Waals surface area contributed by atoms with Crippen molar-refractivity contribution in [3.05, 3.63) is 180 Å². The van der Waals surface area contributed by atoms with Crippen LogP contribution in [0.5, 0.6) is 11.5 Å². The third-order valence-electron chi connectivity index (χ3n) is 12.3. The van der Waals surface area contributed by atoms with Gasteiger partial charge in [0.25, 0.3) is 0 Å². The van der Waals surface area contributed by atoms with Crippen LogP contribution in [-0.4, -0.2) is 14.1 Å². The zero-order valence-corrected chi connectivity index (χ0v) is 35.1. The predicted molar refractivity (Wildman–Crippen MR) is 257 cm³/mol. The van der Waals surface area contributed by atoms with Gasteiger partial charge in [0.1, 0.15) is 24.0 Å². The van der Waals surface area contributed by atoms with E-state index in [2.05, 4.69) is 146 Å². The number of hydrogen-bond donors (Lipinski definition) is 0. The Kier molecular flexibility index (Phi) is 7.08. The number of aryl methyl sites for hydroxylation is 3. The molecule has 0 saturated heterocycles. The van der Waals surface area contributed by atoms with E-state index in [1.54, 1.807) is 16.7 Å². The molecule has 4 heterocycles. The molecule has 0 spiro atoms. The molecule has 61 heavy (non-hydrogen) atoms. The molecule has 11 rings (SSSR count). The molecule has 5 heteroatoms. The molecule has 3 aromatic heterocycles. The van der Waals surface area contributed by atoms with E-state index in [0.717, 1.165) is 27.8 Å².